The van der Waals surface area contributed by atoms with Gasteiger partial charge in [0.2, 0.25) is 5.91 Å². The lowest BCUT2D eigenvalue weighted by Crippen LogP contribution is -2.43. The van der Waals surface area contributed by atoms with Gasteiger partial charge in [0.05, 0.1) is 5.92 Å². The van der Waals surface area contributed by atoms with Gasteiger partial charge < -0.3 is 11.1 Å². The third-order valence-electron chi connectivity index (χ3n) is 3.69. The largest absolute Gasteiger partial charge is 0.353 e. The van der Waals surface area contributed by atoms with Gasteiger partial charge in [-0.1, -0.05) is 33.6 Å². The Balaban J connectivity index is 2.40. The molecule has 1 fully saturated rings. The summed E-state index contributed by atoms with van der Waals surface area (Å²) in [5.74, 6) is 1.43. The van der Waals surface area contributed by atoms with Gasteiger partial charge in [-0.05, 0) is 31.1 Å². The first kappa shape index (κ1) is 14.5. The summed E-state index contributed by atoms with van der Waals surface area (Å²) in [7, 11) is 0. The molecule has 0 aromatic rings. The summed E-state index contributed by atoms with van der Waals surface area (Å²) in [6.07, 6.45) is 5.70. The molecule has 0 radical (unpaired) electrons. The molecular formula is C14H28N2O. The van der Waals surface area contributed by atoms with Gasteiger partial charge in [-0.3, -0.25) is 4.79 Å². The van der Waals surface area contributed by atoms with Crippen molar-refractivity contribution < 1.29 is 4.79 Å². The number of hydrogen-bond acceptors (Lipinski definition) is 2. The Morgan fingerprint density at radius 1 is 1.41 bits per heavy atom. The Morgan fingerprint density at radius 3 is 2.65 bits per heavy atom. The fourth-order valence-corrected chi connectivity index (χ4v) is 2.76. The number of nitrogens with one attached hydrogen (secondary N) is 1. The molecule has 1 saturated carbocycles. The van der Waals surface area contributed by atoms with E-state index in [1.807, 2.05) is 0 Å². The number of hydrogen-bond donors (Lipinski definition) is 2. The normalized spacial score (nSPS) is 26.9. The first-order chi connectivity index (χ1) is 8.02. The SMILES string of the molecule is CC(C)CC(CN)C(=O)NC1CCCC(C)C1. The minimum atomic E-state index is -0.00719. The monoisotopic (exact) mass is 240 g/mol. The van der Waals surface area contributed by atoms with E-state index in [4.69, 9.17) is 5.73 Å². The molecule has 0 aromatic carbocycles. The fourth-order valence-electron chi connectivity index (χ4n) is 2.76. The van der Waals surface area contributed by atoms with Crippen LogP contribution in [0.15, 0.2) is 0 Å². The molecule has 0 bridgehead atoms. The van der Waals surface area contributed by atoms with Gasteiger partial charge in [-0.2, -0.15) is 0 Å². The zero-order valence-corrected chi connectivity index (χ0v) is 11.5. The highest BCUT2D eigenvalue weighted by Crippen LogP contribution is 2.24. The molecule has 0 spiro atoms. The van der Waals surface area contributed by atoms with Crippen LogP contribution in [0.25, 0.3) is 0 Å². The summed E-state index contributed by atoms with van der Waals surface area (Å²) >= 11 is 0. The van der Waals surface area contributed by atoms with Gasteiger partial charge in [0, 0.05) is 12.6 Å². The van der Waals surface area contributed by atoms with Crippen LogP contribution in [0.3, 0.4) is 0 Å². The molecule has 17 heavy (non-hydrogen) atoms. The van der Waals surface area contributed by atoms with E-state index in [1.165, 1.54) is 12.8 Å². The molecule has 100 valence electrons. The third-order valence-corrected chi connectivity index (χ3v) is 3.69. The van der Waals surface area contributed by atoms with E-state index in [0.717, 1.165) is 25.2 Å². The molecular weight excluding hydrogens is 212 g/mol. The van der Waals surface area contributed by atoms with E-state index in [-0.39, 0.29) is 11.8 Å². The molecule has 3 unspecified atom stereocenters. The molecule has 0 saturated heterocycles. The summed E-state index contributed by atoms with van der Waals surface area (Å²) in [5, 5.41) is 3.19. The van der Waals surface area contributed by atoms with E-state index in [9.17, 15) is 4.79 Å². The van der Waals surface area contributed by atoms with Crippen LogP contribution in [0, 0.1) is 17.8 Å². The summed E-state index contributed by atoms with van der Waals surface area (Å²) in [5.41, 5.74) is 5.69. The number of carbonyl (C=O) groups is 1. The van der Waals surface area contributed by atoms with Gasteiger partial charge in [0.15, 0.2) is 0 Å². The molecule has 0 aromatic heterocycles. The van der Waals surface area contributed by atoms with Crippen molar-refractivity contribution in [3.05, 3.63) is 0 Å². The molecule has 3 N–H and O–H groups in total. The molecule has 1 amide bonds. The van der Waals surface area contributed by atoms with Crippen molar-refractivity contribution in [2.45, 2.75) is 58.9 Å². The fraction of sp³-hybridized carbons (Fsp3) is 0.929. The highest BCUT2D eigenvalue weighted by Gasteiger charge is 2.24. The minimum Gasteiger partial charge on any atom is -0.353 e. The average molecular weight is 240 g/mol. The van der Waals surface area contributed by atoms with Gasteiger partial charge in [0.1, 0.15) is 0 Å². The molecule has 1 aliphatic rings. The standard InChI is InChI=1S/C14H28N2O/c1-10(2)7-12(9-15)14(17)16-13-6-4-5-11(3)8-13/h10-13H,4-9,15H2,1-3H3,(H,16,17). The molecule has 3 nitrogen and oxygen atoms in total. The van der Waals surface area contributed by atoms with Gasteiger partial charge in [-0.15, -0.1) is 0 Å². The van der Waals surface area contributed by atoms with Crippen molar-refractivity contribution >= 4 is 5.91 Å². The summed E-state index contributed by atoms with van der Waals surface area (Å²) in [6, 6.07) is 0.382. The molecule has 3 heteroatoms. The molecule has 0 aliphatic heterocycles. The van der Waals surface area contributed by atoms with Crippen molar-refractivity contribution in [1.29, 1.82) is 0 Å². The first-order valence-electron chi connectivity index (χ1n) is 7.03. The van der Waals surface area contributed by atoms with Crippen molar-refractivity contribution in [3.63, 3.8) is 0 Å². The zero-order chi connectivity index (χ0) is 12.8. The second-order valence-corrected chi connectivity index (χ2v) is 6.04. The molecule has 1 rings (SSSR count). The van der Waals surface area contributed by atoms with Gasteiger partial charge in [-0.25, -0.2) is 0 Å². The van der Waals surface area contributed by atoms with Crippen molar-refractivity contribution in [2.75, 3.05) is 6.54 Å². The van der Waals surface area contributed by atoms with Crippen molar-refractivity contribution in [2.24, 2.45) is 23.5 Å². The maximum absolute atomic E-state index is 12.1. The zero-order valence-electron chi connectivity index (χ0n) is 11.5. The second kappa shape index (κ2) is 7.00. The topological polar surface area (TPSA) is 55.1 Å². The Labute approximate surface area is 106 Å². The smallest absolute Gasteiger partial charge is 0.224 e. The Morgan fingerprint density at radius 2 is 2.12 bits per heavy atom. The minimum absolute atomic E-state index is 0.00719. The lowest BCUT2D eigenvalue weighted by Gasteiger charge is -2.29. The van der Waals surface area contributed by atoms with E-state index < -0.39 is 0 Å². The predicted octanol–water partition coefficient (Wildman–Crippen LogP) is 2.30. The van der Waals surface area contributed by atoms with Crippen LogP contribution in [-0.4, -0.2) is 18.5 Å². The van der Waals surface area contributed by atoms with Crippen molar-refractivity contribution in [1.82, 2.24) is 5.32 Å². The number of nitrogens with two attached hydrogens (primary N) is 1. The predicted molar refractivity (Wildman–Crippen MR) is 71.6 cm³/mol. The van der Waals surface area contributed by atoms with Crippen LogP contribution in [0.5, 0.6) is 0 Å². The number of amides is 1. The maximum Gasteiger partial charge on any atom is 0.224 e. The van der Waals surface area contributed by atoms with Crippen LogP contribution >= 0.6 is 0 Å². The highest BCUT2D eigenvalue weighted by molar-refractivity contribution is 5.79. The van der Waals surface area contributed by atoms with Crippen LogP contribution < -0.4 is 11.1 Å². The average Bonchev–Trinajstić information content (AvgIpc) is 2.25. The van der Waals surface area contributed by atoms with Crippen LogP contribution in [0.1, 0.15) is 52.9 Å². The first-order valence-corrected chi connectivity index (χ1v) is 7.03. The van der Waals surface area contributed by atoms with E-state index in [0.29, 0.717) is 18.5 Å². The molecule has 1 aliphatic carbocycles. The Bertz CT molecular complexity index is 240. The lowest BCUT2D eigenvalue weighted by atomic mass is 9.86. The quantitative estimate of drug-likeness (QED) is 0.774. The summed E-state index contributed by atoms with van der Waals surface area (Å²) < 4.78 is 0. The van der Waals surface area contributed by atoms with Crippen LogP contribution in [0.4, 0.5) is 0 Å². The van der Waals surface area contributed by atoms with Crippen molar-refractivity contribution in [3.8, 4) is 0 Å². The Hall–Kier alpha value is -0.570. The number of carbonyl (C=O) groups excluding carboxylic acids is 1. The highest BCUT2D eigenvalue weighted by atomic mass is 16.1. The third kappa shape index (κ3) is 5.07. The van der Waals surface area contributed by atoms with E-state index >= 15 is 0 Å². The van der Waals surface area contributed by atoms with Crippen LogP contribution in [0.2, 0.25) is 0 Å². The molecule has 3 atom stereocenters. The lowest BCUT2D eigenvalue weighted by molar-refractivity contribution is -0.126. The summed E-state index contributed by atoms with van der Waals surface area (Å²) in [6.45, 7) is 7.01. The second-order valence-electron chi connectivity index (χ2n) is 6.04. The molecule has 0 heterocycles. The van der Waals surface area contributed by atoms with Crippen LogP contribution in [-0.2, 0) is 4.79 Å². The summed E-state index contributed by atoms with van der Waals surface area (Å²) in [4.78, 5) is 12.1. The van der Waals surface area contributed by atoms with E-state index in [1.54, 1.807) is 0 Å². The Kier molecular flexibility index (Phi) is 5.96. The van der Waals surface area contributed by atoms with E-state index in [2.05, 4.69) is 26.1 Å². The van der Waals surface area contributed by atoms with Gasteiger partial charge >= 0.3 is 0 Å². The number of rotatable bonds is 5. The maximum atomic E-state index is 12.1. The van der Waals surface area contributed by atoms with Gasteiger partial charge in [0.25, 0.3) is 0 Å².